The minimum Gasteiger partial charge on any atom is -0.480 e. The van der Waals surface area contributed by atoms with Gasteiger partial charge >= 0.3 is 12.1 Å². The summed E-state index contributed by atoms with van der Waals surface area (Å²) >= 11 is 0. The molecule has 0 saturated heterocycles. The van der Waals surface area contributed by atoms with Gasteiger partial charge in [-0.3, -0.25) is 14.8 Å². The predicted molar refractivity (Wildman–Crippen MR) is 130 cm³/mol. The van der Waals surface area contributed by atoms with Gasteiger partial charge in [0.2, 0.25) is 0 Å². The van der Waals surface area contributed by atoms with Crippen molar-refractivity contribution in [1.29, 1.82) is 0 Å². The molecule has 2 amide bonds. The number of amides is 2. The van der Waals surface area contributed by atoms with Crippen molar-refractivity contribution < 1.29 is 24.2 Å². The quantitative estimate of drug-likeness (QED) is 0.449. The smallest absolute Gasteiger partial charge is 0.412 e. The highest BCUT2D eigenvalue weighted by molar-refractivity contribution is 6.03. The molecule has 0 fully saturated rings. The molecule has 0 saturated carbocycles. The van der Waals surface area contributed by atoms with Crippen molar-refractivity contribution in [2.75, 3.05) is 11.9 Å². The molecule has 0 spiro atoms. The van der Waals surface area contributed by atoms with Crippen LogP contribution in [0.2, 0.25) is 0 Å². The van der Waals surface area contributed by atoms with E-state index in [1.54, 1.807) is 7.05 Å². The third kappa shape index (κ3) is 4.62. The van der Waals surface area contributed by atoms with E-state index in [1.165, 1.54) is 17.8 Å². The van der Waals surface area contributed by atoms with Crippen molar-refractivity contribution in [2.45, 2.75) is 38.1 Å². The number of benzene rings is 2. The number of aryl methyl sites for hydroxylation is 1. The number of aromatic nitrogens is 2. The summed E-state index contributed by atoms with van der Waals surface area (Å²) in [5, 5.41) is 18.8. The van der Waals surface area contributed by atoms with Crippen LogP contribution in [-0.2, 0) is 16.6 Å². The molecule has 1 unspecified atom stereocenters. The van der Waals surface area contributed by atoms with Crippen molar-refractivity contribution in [3.05, 3.63) is 71.4 Å². The predicted octanol–water partition coefficient (Wildman–Crippen LogP) is 4.15. The van der Waals surface area contributed by atoms with Crippen LogP contribution in [0.5, 0.6) is 0 Å². The molecule has 1 aromatic heterocycles. The molecule has 1 aliphatic carbocycles. The molecule has 35 heavy (non-hydrogen) atoms. The van der Waals surface area contributed by atoms with Crippen molar-refractivity contribution in [2.24, 2.45) is 7.05 Å². The molecule has 9 heteroatoms. The molecule has 3 aromatic rings. The third-order valence-electron chi connectivity index (χ3n) is 6.36. The number of carbonyl (C=O) groups excluding carboxylic acids is 2. The first-order chi connectivity index (χ1) is 16.7. The lowest BCUT2D eigenvalue weighted by atomic mass is 9.96. The summed E-state index contributed by atoms with van der Waals surface area (Å²) in [5.74, 6) is -1.77. The number of hydrogen-bond acceptors (Lipinski definition) is 5. The van der Waals surface area contributed by atoms with E-state index in [-0.39, 0.29) is 30.3 Å². The summed E-state index contributed by atoms with van der Waals surface area (Å²) in [6, 6.07) is 16.0. The monoisotopic (exact) mass is 476 g/mol. The van der Waals surface area contributed by atoms with Crippen molar-refractivity contribution in [1.82, 2.24) is 15.1 Å². The number of carboxylic acids is 1. The first-order valence-corrected chi connectivity index (χ1v) is 11.4. The average Bonchev–Trinajstić information content (AvgIpc) is 3.35. The Morgan fingerprint density at radius 1 is 1.09 bits per heavy atom. The Labute approximate surface area is 203 Å². The maximum Gasteiger partial charge on any atom is 0.412 e. The number of carboxylic acid groups (broad SMARTS) is 1. The van der Waals surface area contributed by atoms with Crippen molar-refractivity contribution in [3.63, 3.8) is 0 Å². The summed E-state index contributed by atoms with van der Waals surface area (Å²) < 4.78 is 6.89. The van der Waals surface area contributed by atoms with Crippen LogP contribution in [0.1, 0.15) is 54.1 Å². The number of fused-ring (bicyclic) bond motifs is 3. The maximum atomic E-state index is 12.9. The largest absolute Gasteiger partial charge is 0.480 e. The van der Waals surface area contributed by atoms with Crippen molar-refractivity contribution >= 4 is 23.8 Å². The van der Waals surface area contributed by atoms with E-state index < -0.39 is 23.5 Å². The normalized spacial score (nSPS) is 13.9. The fraction of sp³-hybridized carbons (Fsp3) is 0.308. The van der Waals surface area contributed by atoms with E-state index in [2.05, 4.69) is 27.9 Å². The van der Waals surface area contributed by atoms with Gasteiger partial charge in [-0.15, -0.1) is 0 Å². The Morgan fingerprint density at radius 2 is 1.69 bits per heavy atom. The first kappa shape index (κ1) is 24.0. The van der Waals surface area contributed by atoms with Gasteiger partial charge in [0.05, 0.1) is 6.20 Å². The minimum atomic E-state index is -1.44. The number of anilines is 1. The van der Waals surface area contributed by atoms with Gasteiger partial charge in [0.25, 0.3) is 5.91 Å². The number of carbonyl (C=O) groups is 3. The number of ether oxygens (including phenoxy) is 1. The molecule has 0 aliphatic heterocycles. The molecule has 182 valence electrons. The van der Waals surface area contributed by atoms with Crippen LogP contribution >= 0.6 is 0 Å². The second kappa shape index (κ2) is 9.61. The lowest BCUT2D eigenvalue weighted by molar-refractivity contribution is -0.144. The maximum absolute atomic E-state index is 12.9. The van der Waals surface area contributed by atoms with Crippen LogP contribution in [0, 0.1) is 0 Å². The van der Waals surface area contributed by atoms with Gasteiger partial charge in [0.1, 0.15) is 23.5 Å². The van der Waals surface area contributed by atoms with Crippen LogP contribution in [-0.4, -0.2) is 45.0 Å². The van der Waals surface area contributed by atoms with Crippen LogP contribution in [0.4, 0.5) is 10.6 Å². The SMILES string of the molecule is CCCC(C)(NC(=O)c1cnn(C)c1NC(=O)OCC1c2ccccc2-c2ccccc21)C(=O)O. The Kier molecular flexibility index (Phi) is 6.59. The molecule has 3 N–H and O–H groups in total. The number of nitrogens with zero attached hydrogens (tertiary/aromatic N) is 2. The van der Waals surface area contributed by atoms with E-state index in [0.717, 1.165) is 22.3 Å². The fourth-order valence-electron chi connectivity index (χ4n) is 4.52. The molecule has 0 bridgehead atoms. The van der Waals surface area contributed by atoms with Crippen LogP contribution in [0.15, 0.2) is 54.7 Å². The van der Waals surface area contributed by atoms with E-state index in [9.17, 15) is 19.5 Å². The number of rotatable bonds is 8. The molecule has 0 radical (unpaired) electrons. The molecule has 1 heterocycles. The molecule has 4 rings (SSSR count). The highest BCUT2D eigenvalue weighted by Crippen LogP contribution is 2.44. The summed E-state index contributed by atoms with van der Waals surface area (Å²) in [5.41, 5.74) is 3.02. The van der Waals surface area contributed by atoms with Crippen LogP contribution < -0.4 is 10.6 Å². The minimum absolute atomic E-state index is 0.0459. The van der Waals surface area contributed by atoms with Crippen LogP contribution in [0.25, 0.3) is 11.1 Å². The summed E-state index contributed by atoms with van der Waals surface area (Å²) in [4.78, 5) is 37.3. The van der Waals surface area contributed by atoms with Gasteiger partial charge in [-0.25, -0.2) is 9.59 Å². The Morgan fingerprint density at radius 3 is 2.26 bits per heavy atom. The lowest BCUT2D eigenvalue weighted by Gasteiger charge is -2.25. The summed E-state index contributed by atoms with van der Waals surface area (Å²) in [7, 11) is 1.57. The van der Waals surface area contributed by atoms with E-state index >= 15 is 0 Å². The Hall–Kier alpha value is -4.14. The van der Waals surface area contributed by atoms with Gasteiger partial charge in [-0.2, -0.15) is 5.10 Å². The zero-order valence-corrected chi connectivity index (χ0v) is 19.9. The van der Waals surface area contributed by atoms with Gasteiger partial charge in [-0.1, -0.05) is 61.9 Å². The molecular formula is C26H28N4O5. The molecule has 1 aliphatic rings. The van der Waals surface area contributed by atoms with E-state index in [1.807, 2.05) is 43.3 Å². The average molecular weight is 477 g/mol. The second-order valence-electron chi connectivity index (χ2n) is 8.82. The van der Waals surface area contributed by atoms with Gasteiger partial charge in [0.15, 0.2) is 0 Å². The van der Waals surface area contributed by atoms with Crippen molar-refractivity contribution in [3.8, 4) is 11.1 Å². The Balaban J connectivity index is 1.47. The first-order valence-electron chi connectivity index (χ1n) is 11.4. The number of aliphatic carboxylic acids is 1. The van der Waals surface area contributed by atoms with E-state index in [4.69, 9.17) is 4.74 Å². The topological polar surface area (TPSA) is 123 Å². The summed E-state index contributed by atoms with van der Waals surface area (Å²) in [6.45, 7) is 3.40. The zero-order chi connectivity index (χ0) is 25.2. The van der Waals surface area contributed by atoms with E-state index in [0.29, 0.717) is 6.42 Å². The fourth-order valence-corrected chi connectivity index (χ4v) is 4.52. The Bertz CT molecular complexity index is 1240. The molecule has 9 nitrogen and oxygen atoms in total. The van der Waals surface area contributed by atoms with Crippen LogP contribution in [0.3, 0.4) is 0 Å². The number of nitrogens with one attached hydrogen (secondary N) is 2. The molecular weight excluding hydrogens is 448 g/mol. The lowest BCUT2D eigenvalue weighted by Crippen LogP contribution is -2.52. The van der Waals surface area contributed by atoms with Gasteiger partial charge in [0, 0.05) is 13.0 Å². The molecule has 1 atom stereocenters. The van der Waals surface area contributed by atoms with Gasteiger partial charge < -0.3 is 15.2 Å². The highest BCUT2D eigenvalue weighted by Gasteiger charge is 2.35. The third-order valence-corrected chi connectivity index (χ3v) is 6.36. The summed E-state index contributed by atoms with van der Waals surface area (Å²) in [6.07, 6.45) is 1.37. The second-order valence-corrected chi connectivity index (χ2v) is 8.82. The standard InChI is InChI=1S/C26H28N4O5/c1-4-13-26(2,24(32)33)29-23(31)20-14-27-30(3)22(20)28-25(34)35-15-21-18-11-7-5-9-16(18)17-10-6-8-12-19(17)21/h5-12,14,21H,4,13,15H2,1-3H3,(H,28,34)(H,29,31)(H,32,33). The van der Waals surface area contributed by atoms with Gasteiger partial charge in [-0.05, 0) is 35.6 Å². The number of hydrogen-bond donors (Lipinski definition) is 3. The highest BCUT2D eigenvalue weighted by atomic mass is 16.5. The zero-order valence-electron chi connectivity index (χ0n) is 19.9. The molecule has 2 aromatic carbocycles.